The van der Waals surface area contributed by atoms with Crippen molar-refractivity contribution in [3.05, 3.63) is 75.1 Å². The lowest BCUT2D eigenvalue weighted by Gasteiger charge is -2.26. The molecule has 0 aliphatic carbocycles. The predicted octanol–water partition coefficient (Wildman–Crippen LogP) is 2.34. The van der Waals surface area contributed by atoms with Gasteiger partial charge in [0, 0.05) is 25.1 Å². The van der Waals surface area contributed by atoms with Crippen LogP contribution in [0.25, 0.3) is 11.0 Å². The lowest BCUT2D eigenvalue weighted by Crippen LogP contribution is -2.51. The number of hydrogen-bond donors (Lipinski definition) is 1. The summed E-state index contributed by atoms with van der Waals surface area (Å²) in [6.07, 6.45) is 0.445. The molecule has 7 nitrogen and oxygen atoms in total. The van der Waals surface area contributed by atoms with Gasteiger partial charge < -0.3 is 19.4 Å². The van der Waals surface area contributed by atoms with Crippen LogP contribution < -0.4 is 15.7 Å². The Morgan fingerprint density at radius 2 is 1.94 bits per heavy atom. The van der Waals surface area contributed by atoms with E-state index in [0.717, 1.165) is 16.7 Å². The Labute approximate surface area is 179 Å². The van der Waals surface area contributed by atoms with Crippen molar-refractivity contribution < 1.29 is 18.7 Å². The van der Waals surface area contributed by atoms with Crippen LogP contribution in [0.1, 0.15) is 22.3 Å². The summed E-state index contributed by atoms with van der Waals surface area (Å²) in [7, 11) is 0. The van der Waals surface area contributed by atoms with Crippen LogP contribution in [0, 0.1) is 13.8 Å². The van der Waals surface area contributed by atoms with Crippen LogP contribution in [-0.4, -0.2) is 43.0 Å². The van der Waals surface area contributed by atoms with E-state index in [1.165, 1.54) is 4.90 Å². The van der Waals surface area contributed by atoms with E-state index < -0.39 is 0 Å². The highest BCUT2D eigenvalue weighted by Gasteiger charge is 2.22. The number of hydrogen-bond acceptors (Lipinski definition) is 5. The molecule has 1 saturated heterocycles. The first-order valence-corrected chi connectivity index (χ1v) is 10.2. The van der Waals surface area contributed by atoms with Gasteiger partial charge in [0.05, 0.1) is 11.9 Å². The first-order chi connectivity index (χ1) is 14.9. The lowest BCUT2D eigenvalue weighted by atomic mass is 9.98. The first-order valence-electron chi connectivity index (χ1n) is 10.2. The molecule has 1 aliphatic rings. The molecule has 2 aromatic carbocycles. The van der Waals surface area contributed by atoms with Crippen LogP contribution >= 0.6 is 0 Å². The van der Waals surface area contributed by atoms with Gasteiger partial charge in [-0.25, -0.2) is 4.79 Å². The standard InChI is InChI=1S/C24H24N2O5/c1-15-10-19(30-14-22(28)26-9-8-25-21(27)13-26)23-16(2)18(24(29)31-20(23)11-15)12-17-6-4-3-5-7-17/h3-7,10-11H,8-9,12-14H2,1-2H3,(H,25,27). The molecule has 7 heteroatoms. The van der Waals surface area contributed by atoms with E-state index in [-0.39, 0.29) is 30.6 Å². The second-order valence-corrected chi connectivity index (χ2v) is 7.75. The first kappa shape index (κ1) is 20.7. The van der Waals surface area contributed by atoms with Gasteiger partial charge in [0.2, 0.25) is 5.91 Å². The van der Waals surface area contributed by atoms with E-state index in [0.29, 0.717) is 41.8 Å². The van der Waals surface area contributed by atoms with Gasteiger partial charge in [0.15, 0.2) is 6.61 Å². The van der Waals surface area contributed by atoms with Gasteiger partial charge >= 0.3 is 5.63 Å². The van der Waals surface area contributed by atoms with Gasteiger partial charge in [-0.2, -0.15) is 0 Å². The molecule has 3 aromatic rings. The van der Waals surface area contributed by atoms with E-state index >= 15 is 0 Å². The van der Waals surface area contributed by atoms with E-state index in [1.807, 2.05) is 50.2 Å². The second-order valence-electron chi connectivity index (χ2n) is 7.75. The summed E-state index contributed by atoms with van der Waals surface area (Å²) in [6, 6.07) is 13.3. The molecule has 0 spiro atoms. The summed E-state index contributed by atoms with van der Waals surface area (Å²) < 4.78 is 11.5. The molecular formula is C24H24N2O5. The zero-order valence-corrected chi connectivity index (χ0v) is 17.6. The average Bonchev–Trinajstić information content (AvgIpc) is 2.75. The molecule has 0 unspecified atom stereocenters. The van der Waals surface area contributed by atoms with Gasteiger partial charge in [-0.15, -0.1) is 0 Å². The van der Waals surface area contributed by atoms with Crippen molar-refractivity contribution >= 4 is 22.8 Å². The van der Waals surface area contributed by atoms with E-state index in [4.69, 9.17) is 9.15 Å². The number of aryl methyl sites for hydroxylation is 2. The van der Waals surface area contributed by atoms with E-state index in [1.54, 1.807) is 6.07 Å². The highest BCUT2D eigenvalue weighted by atomic mass is 16.5. The normalized spacial score (nSPS) is 13.9. The molecule has 4 rings (SSSR count). The van der Waals surface area contributed by atoms with Crippen LogP contribution in [0.3, 0.4) is 0 Å². The number of benzene rings is 2. The smallest absolute Gasteiger partial charge is 0.340 e. The highest BCUT2D eigenvalue weighted by Crippen LogP contribution is 2.31. The molecule has 1 aliphatic heterocycles. The fraction of sp³-hybridized carbons (Fsp3) is 0.292. The minimum absolute atomic E-state index is 0.0336. The highest BCUT2D eigenvalue weighted by molar-refractivity contribution is 5.89. The van der Waals surface area contributed by atoms with Crippen molar-refractivity contribution in [2.24, 2.45) is 0 Å². The minimum Gasteiger partial charge on any atom is -0.483 e. The summed E-state index contributed by atoms with van der Waals surface area (Å²) in [4.78, 5) is 38.2. The fourth-order valence-corrected chi connectivity index (χ4v) is 3.84. The molecule has 2 heterocycles. The van der Waals surface area contributed by atoms with E-state index in [9.17, 15) is 14.4 Å². The predicted molar refractivity (Wildman–Crippen MR) is 116 cm³/mol. The average molecular weight is 420 g/mol. The molecule has 0 bridgehead atoms. The van der Waals surface area contributed by atoms with Crippen LogP contribution in [-0.2, 0) is 16.0 Å². The number of rotatable bonds is 5. The quantitative estimate of drug-likeness (QED) is 0.640. The Morgan fingerprint density at radius 1 is 1.16 bits per heavy atom. The number of nitrogens with one attached hydrogen (secondary N) is 1. The Kier molecular flexibility index (Phi) is 5.75. The Balaban J connectivity index is 1.66. The van der Waals surface area contributed by atoms with Crippen molar-refractivity contribution in [1.29, 1.82) is 0 Å². The molecule has 0 atom stereocenters. The third-order valence-electron chi connectivity index (χ3n) is 5.45. The SMILES string of the molecule is Cc1cc(OCC(=O)N2CCNC(=O)C2)c2c(C)c(Cc3ccccc3)c(=O)oc2c1. The Bertz CT molecular complexity index is 1200. The topological polar surface area (TPSA) is 88.9 Å². The van der Waals surface area contributed by atoms with Gasteiger partial charge in [-0.3, -0.25) is 9.59 Å². The maximum absolute atomic E-state index is 12.7. The third-order valence-corrected chi connectivity index (χ3v) is 5.45. The van der Waals surface area contributed by atoms with Crippen molar-refractivity contribution in [2.75, 3.05) is 26.2 Å². The van der Waals surface area contributed by atoms with Crippen LogP contribution in [0.15, 0.2) is 51.7 Å². The maximum atomic E-state index is 12.7. The molecule has 1 N–H and O–H groups in total. The summed E-state index contributed by atoms with van der Waals surface area (Å²) >= 11 is 0. The summed E-state index contributed by atoms with van der Waals surface area (Å²) in [6.45, 7) is 4.47. The monoisotopic (exact) mass is 420 g/mol. The summed E-state index contributed by atoms with van der Waals surface area (Å²) in [5, 5.41) is 3.38. The van der Waals surface area contributed by atoms with Gasteiger partial charge in [0.1, 0.15) is 11.3 Å². The number of nitrogens with zero attached hydrogens (tertiary/aromatic N) is 1. The minimum atomic E-state index is -0.374. The number of ether oxygens (including phenoxy) is 1. The van der Waals surface area contributed by atoms with E-state index in [2.05, 4.69) is 5.32 Å². The number of carbonyl (C=O) groups is 2. The van der Waals surface area contributed by atoms with Crippen LogP contribution in [0.5, 0.6) is 5.75 Å². The van der Waals surface area contributed by atoms with Gasteiger partial charge in [-0.1, -0.05) is 30.3 Å². The summed E-state index contributed by atoms with van der Waals surface area (Å²) in [5.74, 6) is 0.0493. The lowest BCUT2D eigenvalue weighted by molar-refractivity contribution is -0.139. The maximum Gasteiger partial charge on any atom is 0.340 e. The number of carbonyl (C=O) groups excluding carboxylic acids is 2. The van der Waals surface area contributed by atoms with Gasteiger partial charge in [0.25, 0.3) is 5.91 Å². The molecule has 160 valence electrons. The fourth-order valence-electron chi connectivity index (χ4n) is 3.84. The second kappa shape index (κ2) is 8.63. The number of amides is 2. The largest absolute Gasteiger partial charge is 0.483 e. The molecule has 0 radical (unpaired) electrons. The van der Waals surface area contributed by atoms with Crippen LogP contribution in [0.4, 0.5) is 0 Å². The molecule has 1 fully saturated rings. The Morgan fingerprint density at radius 3 is 2.68 bits per heavy atom. The van der Waals surface area contributed by atoms with Crippen molar-refractivity contribution in [1.82, 2.24) is 10.2 Å². The van der Waals surface area contributed by atoms with Crippen molar-refractivity contribution in [3.63, 3.8) is 0 Å². The molecule has 1 aromatic heterocycles. The molecular weight excluding hydrogens is 396 g/mol. The Hall–Kier alpha value is -3.61. The number of piperazine rings is 1. The third kappa shape index (κ3) is 4.45. The van der Waals surface area contributed by atoms with Gasteiger partial charge in [-0.05, 0) is 42.7 Å². The van der Waals surface area contributed by atoms with Crippen molar-refractivity contribution in [3.8, 4) is 5.75 Å². The zero-order valence-electron chi connectivity index (χ0n) is 17.6. The number of fused-ring (bicyclic) bond motifs is 1. The van der Waals surface area contributed by atoms with Crippen LogP contribution in [0.2, 0.25) is 0 Å². The molecule has 2 amide bonds. The van der Waals surface area contributed by atoms with Crippen molar-refractivity contribution in [2.45, 2.75) is 20.3 Å². The zero-order chi connectivity index (χ0) is 22.0. The molecule has 0 saturated carbocycles. The molecule has 31 heavy (non-hydrogen) atoms. The summed E-state index contributed by atoms with van der Waals surface area (Å²) in [5.41, 5.74) is 3.25.